The molecule has 0 aliphatic heterocycles. The maximum atomic E-state index is 12.8. The molecule has 1 N–H and O–H groups in total. The summed E-state index contributed by atoms with van der Waals surface area (Å²) >= 11 is 6.13. The molecule has 0 fully saturated rings. The third-order valence-electron chi connectivity index (χ3n) is 4.60. The van der Waals surface area contributed by atoms with E-state index in [2.05, 4.69) is 10.4 Å². The van der Waals surface area contributed by atoms with E-state index in [1.807, 2.05) is 51.1 Å². The van der Waals surface area contributed by atoms with Gasteiger partial charge in [0.05, 0.1) is 5.69 Å². The molecule has 3 aromatic rings. The van der Waals surface area contributed by atoms with Gasteiger partial charge in [-0.3, -0.25) is 9.59 Å². The first-order valence-corrected chi connectivity index (χ1v) is 9.50. The van der Waals surface area contributed by atoms with E-state index < -0.39 is 6.04 Å². The molecule has 1 atom stereocenters. The third-order valence-corrected chi connectivity index (χ3v) is 5.00. The number of nitrogens with one attached hydrogen (secondary N) is 1. The second kappa shape index (κ2) is 8.40. The van der Waals surface area contributed by atoms with Crippen molar-refractivity contribution in [2.75, 3.05) is 5.32 Å². The van der Waals surface area contributed by atoms with Gasteiger partial charge in [0.2, 0.25) is 5.91 Å². The number of carbonyl (C=O) groups is 1. The SMILES string of the molecule is CC[C@H](C(=O)Nc1ccc(C)c(Cl)c1)n1nc(-c2ccc(C)cc2)ccc1=O. The number of hydrogen-bond donors (Lipinski definition) is 1. The summed E-state index contributed by atoms with van der Waals surface area (Å²) in [5.74, 6) is -0.307. The van der Waals surface area contributed by atoms with Crippen molar-refractivity contribution in [3.63, 3.8) is 0 Å². The van der Waals surface area contributed by atoms with Crippen LogP contribution in [0.3, 0.4) is 0 Å². The number of carbonyl (C=O) groups excluding carboxylic acids is 1. The maximum Gasteiger partial charge on any atom is 0.267 e. The molecule has 5 nitrogen and oxygen atoms in total. The molecule has 1 heterocycles. The normalized spacial score (nSPS) is 11.9. The standard InChI is InChI=1S/C22H22ClN3O2/c1-4-20(22(28)24-17-10-7-15(3)18(23)13-17)26-21(27)12-11-19(25-26)16-8-5-14(2)6-9-16/h5-13,20H,4H2,1-3H3,(H,24,28)/t20-/m1/s1. The number of benzene rings is 2. The smallest absolute Gasteiger partial charge is 0.267 e. The molecule has 6 heteroatoms. The number of amides is 1. The Morgan fingerprint density at radius 1 is 1.11 bits per heavy atom. The summed E-state index contributed by atoms with van der Waals surface area (Å²) in [4.78, 5) is 25.2. The average molecular weight is 396 g/mol. The summed E-state index contributed by atoms with van der Waals surface area (Å²) in [6.45, 7) is 5.74. The molecule has 0 saturated heterocycles. The molecule has 0 spiro atoms. The van der Waals surface area contributed by atoms with Crippen LogP contribution in [0.1, 0.15) is 30.5 Å². The van der Waals surface area contributed by atoms with Crippen LogP contribution in [0.25, 0.3) is 11.3 Å². The van der Waals surface area contributed by atoms with Gasteiger partial charge >= 0.3 is 0 Å². The number of nitrogens with zero attached hydrogens (tertiary/aromatic N) is 2. The Balaban J connectivity index is 1.91. The Morgan fingerprint density at radius 2 is 1.82 bits per heavy atom. The van der Waals surface area contributed by atoms with E-state index >= 15 is 0 Å². The fourth-order valence-electron chi connectivity index (χ4n) is 2.89. The molecule has 0 aliphatic rings. The van der Waals surface area contributed by atoms with Gasteiger partial charge in [0.1, 0.15) is 6.04 Å². The summed E-state index contributed by atoms with van der Waals surface area (Å²) in [6, 6.07) is 15.6. The van der Waals surface area contributed by atoms with Crippen LogP contribution in [0.15, 0.2) is 59.4 Å². The van der Waals surface area contributed by atoms with Crippen LogP contribution >= 0.6 is 11.6 Å². The number of aryl methyl sites for hydroxylation is 2. The molecule has 0 radical (unpaired) electrons. The van der Waals surface area contributed by atoms with E-state index in [0.717, 1.165) is 16.7 Å². The summed E-state index contributed by atoms with van der Waals surface area (Å²) in [7, 11) is 0. The molecule has 144 valence electrons. The Kier molecular flexibility index (Phi) is 5.95. The summed E-state index contributed by atoms with van der Waals surface area (Å²) in [5, 5.41) is 7.86. The minimum atomic E-state index is -0.724. The van der Waals surface area contributed by atoms with Crippen LogP contribution in [0, 0.1) is 13.8 Å². The predicted molar refractivity (Wildman–Crippen MR) is 113 cm³/mol. The van der Waals surface area contributed by atoms with Crippen LogP contribution in [-0.2, 0) is 4.79 Å². The van der Waals surface area contributed by atoms with Crippen LogP contribution in [0.4, 0.5) is 5.69 Å². The van der Waals surface area contributed by atoms with Gasteiger partial charge in [-0.15, -0.1) is 0 Å². The van der Waals surface area contributed by atoms with Crippen LogP contribution in [0.2, 0.25) is 5.02 Å². The predicted octanol–water partition coefficient (Wildman–Crippen LogP) is 4.77. The lowest BCUT2D eigenvalue weighted by molar-refractivity contribution is -0.119. The van der Waals surface area contributed by atoms with Crippen molar-refractivity contribution in [2.24, 2.45) is 0 Å². The minimum Gasteiger partial charge on any atom is -0.324 e. The summed E-state index contributed by atoms with van der Waals surface area (Å²) in [5.41, 5.74) is 3.86. The lowest BCUT2D eigenvalue weighted by Crippen LogP contribution is -2.34. The first kappa shape index (κ1) is 19.8. The zero-order chi connectivity index (χ0) is 20.3. The second-order valence-corrected chi connectivity index (χ2v) is 7.15. The van der Waals surface area contributed by atoms with Crippen molar-refractivity contribution in [1.82, 2.24) is 9.78 Å². The topological polar surface area (TPSA) is 64.0 Å². The van der Waals surface area contributed by atoms with E-state index in [0.29, 0.717) is 22.8 Å². The minimum absolute atomic E-state index is 0.307. The van der Waals surface area contributed by atoms with Gasteiger partial charge in [-0.25, -0.2) is 4.68 Å². The van der Waals surface area contributed by atoms with Gasteiger partial charge < -0.3 is 5.32 Å². The van der Waals surface area contributed by atoms with Crippen LogP contribution in [0.5, 0.6) is 0 Å². The van der Waals surface area contributed by atoms with Crippen molar-refractivity contribution in [2.45, 2.75) is 33.2 Å². The van der Waals surface area contributed by atoms with Crippen molar-refractivity contribution in [1.29, 1.82) is 0 Å². The van der Waals surface area contributed by atoms with Gasteiger partial charge in [0.25, 0.3) is 5.56 Å². The molecule has 0 bridgehead atoms. The quantitative estimate of drug-likeness (QED) is 0.676. The molecule has 1 aromatic heterocycles. The van der Waals surface area contributed by atoms with Gasteiger partial charge in [0.15, 0.2) is 0 Å². The number of halogens is 1. The Labute approximate surface area is 169 Å². The van der Waals surface area contributed by atoms with E-state index in [9.17, 15) is 9.59 Å². The van der Waals surface area contributed by atoms with E-state index in [-0.39, 0.29) is 11.5 Å². The highest BCUT2D eigenvalue weighted by atomic mass is 35.5. The van der Waals surface area contributed by atoms with Gasteiger partial charge in [0, 0.05) is 22.3 Å². The first-order valence-electron chi connectivity index (χ1n) is 9.13. The highest BCUT2D eigenvalue weighted by molar-refractivity contribution is 6.31. The van der Waals surface area contributed by atoms with Crippen molar-refractivity contribution in [3.05, 3.63) is 81.1 Å². The molecule has 28 heavy (non-hydrogen) atoms. The first-order chi connectivity index (χ1) is 13.4. The molecule has 2 aromatic carbocycles. The van der Waals surface area contributed by atoms with E-state index in [1.54, 1.807) is 18.2 Å². The molecule has 0 aliphatic carbocycles. The Hall–Kier alpha value is -2.92. The van der Waals surface area contributed by atoms with Crippen LogP contribution in [-0.4, -0.2) is 15.7 Å². The number of rotatable bonds is 5. The molecule has 0 unspecified atom stereocenters. The highest BCUT2D eigenvalue weighted by Crippen LogP contribution is 2.22. The van der Waals surface area contributed by atoms with Crippen molar-refractivity contribution < 1.29 is 4.79 Å². The molecule has 3 rings (SSSR count). The second-order valence-electron chi connectivity index (χ2n) is 6.74. The van der Waals surface area contributed by atoms with Gasteiger partial charge in [-0.1, -0.05) is 54.4 Å². The number of hydrogen-bond acceptors (Lipinski definition) is 3. The molecular formula is C22H22ClN3O2. The lowest BCUT2D eigenvalue weighted by Gasteiger charge is -2.18. The largest absolute Gasteiger partial charge is 0.324 e. The van der Waals surface area contributed by atoms with E-state index in [1.165, 1.54) is 10.7 Å². The van der Waals surface area contributed by atoms with Crippen molar-refractivity contribution >= 4 is 23.2 Å². The van der Waals surface area contributed by atoms with Gasteiger partial charge in [-0.2, -0.15) is 5.10 Å². The molecular weight excluding hydrogens is 374 g/mol. The highest BCUT2D eigenvalue weighted by Gasteiger charge is 2.21. The molecule has 0 saturated carbocycles. The zero-order valence-corrected chi connectivity index (χ0v) is 16.8. The Morgan fingerprint density at radius 3 is 2.46 bits per heavy atom. The van der Waals surface area contributed by atoms with Crippen molar-refractivity contribution in [3.8, 4) is 11.3 Å². The maximum absolute atomic E-state index is 12.8. The van der Waals surface area contributed by atoms with Gasteiger partial charge in [-0.05, 0) is 44.0 Å². The Bertz CT molecular complexity index is 1060. The van der Waals surface area contributed by atoms with E-state index in [4.69, 9.17) is 11.6 Å². The summed E-state index contributed by atoms with van der Waals surface area (Å²) < 4.78 is 1.25. The number of anilines is 1. The molecule has 1 amide bonds. The fourth-order valence-corrected chi connectivity index (χ4v) is 3.07. The zero-order valence-electron chi connectivity index (χ0n) is 16.1. The monoisotopic (exact) mass is 395 g/mol. The summed E-state index contributed by atoms with van der Waals surface area (Å²) in [6.07, 6.45) is 0.426. The fraction of sp³-hybridized carbons (Fsp3) is 0.227. The van der Waals surface area contributed by atoms with Crippen LogP contribution < -0.4 is 10.9 Å². The number of aromatic nitrogens is 2. The average Bonchev–Trinajstić information content (AvgIpc) is 2.67. The third kappa shape index (κ3) is 4.31. The lowest BCUT2D eigenvalue weighted by atomic mass is 10.1.